The van der Waals surface area contributed by atoms with E-state index in [0.717, 1.165) is 23.3 Å². The molecule has 2 aromatic rings. The number of hydrogen-bond donors (Lipinski definition) is 1. The number of rotatable bonds is 6. The molecule has 0 fully saturated rings. The monoisotopic (exact) mass is 301 g/mol. The number of aromatic nitrogens is 1. The first-order valence-electron chi connectivity index (χ1n) is 6.99. The summed E-state index contributed by atoms with van der Waals surface area (Å²) in [5, 5.41) is 13.9. The van der Waals surface area contributed by atoms with E-state index in [9.17, 15) is 10.1 Å². The summed E-state index contributed by atoms with van der Waals surface area (Å²) in [5.41, 5.74) is 2.90. The molecule has 0 saturated carbocycles. The van der Waals surface area contributed by atoms with E-state index < -0.39 is 4.92 Å². The molecule has 6 heteroatoms. The molecule has 22 heavy (non-hydrogen) atoms. The Morgan fingerprint density at radius 2 is 2.05 bits per heavy atom. The minimum absolute atomic E-state index is 0.0359. The van der Waals surface area contributed by atoms with E-state index in [1.807, 2.05) is 19.1 Å². The van der Waals surface area contributed by atoms with Crippen molar-refractivity contribution in [1.29, 1.82) is 0 Å². The summed E-state index contributed by atoms with van der Waals surface area (Å²) >= 11 is 0. The number of pyridine rings is 1. The molecule has 0 bridgehead atoms. The van der Waals surface area contributed by atoms with Gasteiger partial charge in [0.15, 0.2) is 0 Å². The average molecular weight is 301 g/mol. The second-order valence-corrected chi connectivity index (χ2v) is 5.09. The third kappa shape index (κ3) is 3.72. The number of benzene rings is 1. The highest BCUT2D eigenvalue weighted by atomic mass is 16.6. The van der Waals surface area contributed by atoms with Gasteiger partial charge in [-0.3, -0.25) is 10.1 Å². The zero-order valence-corrected chi connectivity index (χ0v) is 12.9. The van der Waals surface area contributed by atoms with E-state index in [1.165, 1.54) is 6.20 Å². The van der Waals surface area contributed by atoms with Gasteiger partial charge in [0, 0.05) is 12.1 Å². The van der Waals surface area contributed by atoms with Gasteiger partial charge in [-0.1, -0.05) is 12.1 Å². The van der Waals surface area contributed by atoms with Crippen molar-refractivity contribution in [2.45, 2.75) is 20.3 Å². The lowest BCUT2D eigenvalue weighted by Gasteiger charge is -2.09. The Morgan fingerprint density at radius 1 is 1.27 bits per heavy atom. The van der Waals surface area contributed by atoms with Crippen LogP contribution in [-0.2, 0) is 6.42 Å². The largest absolute Gasteiger partial charge is 0.496 e. The van der Waals surface area contributed by atoms with Gasteiger partial charge in [0.25, 0.3) is 5.69 Å². The maximum absolute atomic E-state index is 10.8. The highest BCUT2D eigenvalue weighted by molar-refractivity contribution is 5.47. The number of hydrogen-bond acceptors (Lipinski definition) is 5. The summed E-state index contributed by atoms with van der Waals surface area (Å²) in [7, 11) is 1.66. The lowest BCUT2D eigenvalue weighted by atomic mass is 10.1. The van der Waals surface area contributed by atoms with Gasteiger partial charge in [-0.25, -0.2) is 4.98 Å². The van der Waals surface area contributed by atoms with Crippen LogP contribution in [0, 0.1) is 24.0 Å². The van der Waals surface area contributed by atoms with Gasteiger partial charge in [-0.05, 0) is 43.5 Å². The molecule has 2 rings (SSSR count). The molecule has 1 N–H and O–H groups in total. The summed E-state index contributed by atoms with van der Waals surface area (Å²) in [6.07, 6.45) is 2.10. The van der Waals surface area contributed by atoms with Gasteiger partial charge < -0.3 is 10.1 Å². The topological polar surface area (TPSA) is 77.3 Å². The van der Waals surface area contributed by atoms with Gasteiger partial charge in [0.1, 0.15) is 17.8 Å². The summed E-state index contributed by atoms with van der Waals surface area (Å²) in [6.45, 7) is 4.40. The van der Waals surface area contributed by atoms with Gasteiger partial charge in [-0.2, -0.15) is 0 Å². The molecular weight excluding hydrogens is 282 g/mol. The van der Waals surface area contributed by atoms with Crippen molar-refractivity contribution in [3.8, 4) is 5.75 Å². The summed E-state index contributed by atoms with van der Waals surface area (Å²) < 4.78 is 5.30. The van der Waals surface area contributed by atoms with Crippen LogP contribution >= 0.6 is 0 Å². The van der Waals surface area contributed by atoms with Crippen LogP contribution < -0.4 is 10.1 Å². The van der Waals surface area contributed by atoms with E-state index in [2.05, 4.69) is 16.4 Å². The Morgan fingerprint density at radius 3 is 2.68 bits per heavy atom. The Bertz CT molecular complexity index is 686. The maximum atomic E-state index is 10.8. The van der Waals surface area contributed by atoms with Crippen LogP contribution in [0.3, 0.4) is 0 Å². The third-order valence-corrected chi connectivity index (χ3v) is 3.47. The molecule has 0 atom stereocenters. The van der Waals surface area contributed by atoms with Crippen LogP contribution in [0.15, 0.2) is 30.5 Å². The first-order chi connectivity index (χ1) is 10.5. The van der Waals surface area contributed by atoms with Crippen LogP contribution in [0.2, 0.25) is 0 Å². The number of methoxy groups -OCH3 is 1. The van der Waals surface area contributed by atoms with Gasteiger partial charge in [0.05, 0.1) is 12.0 Å². The molecule has 1 aromatic heterocycles. The van der Waals surface area contributed by atoms with Crippen LogP contribution in [-0.4, -0.2) is 23.6 Å². The molecule has 0 aliphatic carbocycles. The Kier molecular flexibility index (Phi) is 4.93. The average Bonchev–Trinajstić information content (AvgIpc) is 2.48. The molecule has 6 nitrogen and oxygen atoms in total. The second-order valence-electron chi connectivity index (χ2n) is 5.09. The van der Waals surface area contributed by atoms with Crippen molar-refractivity contribution in [2.24, 2.45) is 0 Å². The number of ether oxygens (including phenoxy) is 1. The van der Waals surface area contributed by atoms with E-state index >= 15 is 0 Å². The van der Waals surface area contributed by atoms with Crippen LogP contribution in [0.25, 0.3) is 0 Å². The number of nitrogens with zero attached hydrogens (tertiary/aromatic N) is 2. The molecule has 0 saturated heterocycles. The van der Waals surface area contributed by atoms with Gasteiger partial charge in [0.2, 0.25) is 0 Å². The molecule has 1 aromatic carbocycles. The van der Waals surface area contributed by atoms with Crippen LogP contribution in [0.4, 0.5) is 11.5 Å². The number of nitro groups is 1. The molecule has 0 amide bonds. The van der Waals surface area contributed by atoms with Crippen molar-refractivity contribution in [1.82, 2.24) is 4.98 Å². The van der Waals surface area contributed by atoms with Crippen LogP contribution in [0.5, 0.6) is 5.75 Å². The fourth-order valence-electron chi connectivity index (χ4n) is 2.19. The lowest BCUT2D eigenvalue weighted by molar-refractivity contribution is -0.385. The standard InChI is InChI=1S/C16H19N3O3/c1-11-4-5-13(9-15(11)22-3)6-7-17-16-8-12(2)14(10-18-16)19(20)21/h4-5,8-10H,6-7H2,1-3H3,(H,17,18). The van der Waals surface area contributed by atoms with Crippen LogP contribution in [0.1, 0.15) is 16.7 Å². The van der Waals surface area contributed by atoms with E-state index in [-0.39, 0.29) is 5.69 Å². The molecular formula is C16H19N3O3. The van der Waals surface area contributed by atoms with Crippen molar-refractivity contribution in [2.75, 3.05) is 19.0 Å². The Hall–Kier alpha value is -2.63. The molecule has 116 valence electrons. The van der Waals surface area contributed by atoms with E-state index in [1.54, 1.807) is 20.1 Å². The van der Waals surface area contributed by atoms with Crippen molar-refractivity contribution >= 4 is 11.5 Å². The number of nitrogens with one attached hydrogen (secondary N) is 1. The van der Waals surface area contributed by atoms with E-state index in [4.69, 9.17) is 4.74 Å². The van der Waals surface area contributed by atoms with Crippen molar-refractivity contribution in [3.63, 3.8) is 0 Å². The normalized spacial score (nSPS) is 10.3. The minimum atomic E-state index is -0.426. The lowest BCUT2D eigenvalue weighted by Crippen LogP contribution is -2.07. The second kappa shape index (κ2) is 6.89. The smallest absolute Gasteiger partial charge is 0.290 e. The molecule has 0 aliphatic rings. The quantitative estimate of drug-likeness (QED) is 0.654. The zero-order valence-electron chi connectivity index (χ0n) is 12.9. The highest BCUT2D eigenvalue weighted by Crippen LogP contribution is 2.20. The zero-order chi connectivity index (χ0) is 16.1. The molecule has 0 radical (unpaired) electrons. The summed E-state index contributed by atoms with van der Waals surface area (Å²) in [4.78, 5) is 14.4. The molecule has 0 unspecified atom stereocenters. The molecule has 1 heterocycles. The number of aryl methyl sites for hydroxylation is 2. The van der Waals surface area contributed by atoms with Crippen molar-refractivity contribution in [3.05, 3.63) is 57.3 Å². The summed E-state index contributed by atoms with van der Waals surface area (Å²) in [5.74, 6) is 1.52. The van der Waals surface area contributed by atoms with Gasteiger partial charge >= 0.3 is 0 Å². The minimum Gasteiger partial charge on any atom is -0.496 e. The Balaban J connectivity index is 1.96. The Labute approximate surface area is 129 Å². The third-order valence-electron chi connectivity index (χ3n) is 3.47. The van der Waals surface area contributed by atoms with Gasteiger partial charge in [-0.15, -0.1) is 0 Å². The predicted octanol–water partition coefficient (Wildman–Crippen LogP) is 3.27. The number of anilines is 1. The van der Waals surface area contributed by atoms with E-state index in [0.29, 0.717) is 17.9 Å². The fourth-order valence-corrected chi connectivity index (χ4v) is 2.19. The fraction of sp³-hybridized carbons (Fsp3) is 0.312. The molecule has 0 spiro atoms. The molecule has 0 aliphatic heterocycles. The predicted molar refractivity (Wildman–Crippen MR) is 85.6 cm³/mol. The SMILES string of the molecule is COc1cc(CCNc2cc(C)c([N+](=O)[O-])cn2)ccc1C. The maximum Gasteiger partial charge on any atom is 0.290 e. The first-order valence-corrected chi connectivity index (χ1v) is 6.99. The summed E-state index contributed by atoms with van der Waals surface area (Å²) in [6, 6.07) is 7.80. The van der Waals surface area contributed by atoms with Crippen molar-refractivity contribution < 1.29 is 9.66 Å². The first kappa shape index (κ1) is 15.8. The highest BCUT2D eigenvalue weighted by Gasteiger charge is 2.11.